The predicted octanol–water partition coefficient (Wildman–Crippen LogP) is 3.49. The Bertz CT molecular complexity index is 569. The van der Waals surface area contributed by atoms with E-state index >= 15 is 0 Å². The van der Waals surface area contributed by atoms with Gasteiger partial charge in [-0.2, -0.15) is 10.2 Å². The topological polar surface area (TPSA) is 47.7 Å². The van der Waals surface area contributed by atoms with Crippen LogP contribution in [0.3, 0.4) is 0 Å². The molecule has 5 nitrogen and oxygen atoms in total. The number of hydrogen-bond donors (Lipinski definition) is 1. The highest BCUT2D eigenvalue weighted by molar-refractivity contribution is 5.85. The van der Waals surface area contributed by atoms with E-state index in [9.17, 15) is 0 Å². The largest absolute Gasteiger partial charge is 0.307 e. The second-order valence-electron chi connectivity index (χ2n) is 6.25. The van der Waals surface area contributed by atoms with Gasteiger partial charge in [-0.15, -0.1) is 12.4 Å². The molecule has 1 aliphatic carbocycles. The molecule has 0 aliphatic heterocycles. The van der Waals surface area contributed by atoms with Crippen molar-refractivity contribution in [3.8, 4) is 0 Å². The molecule has 1 saturated carbocycles. The first kappa shape index (κ1) is 17.0. The zero-order valence-electron chi connectivity index (χ0n) is 13.4. The standard InChI is InChI=1S/C16H25N5.ClH/c1-13(2)20-8-7-15(19-20)11-17-9-14-10-18-21(12-14)16-5-3-4-6-16;/h7-8,10,12-13,16-17H,3-6,9,11H2,1-2H3;1H. The van der Waals surface area contributed by atoms with E-state index in [0.717, 1.165) is 18.8 Å². The molecule has 3 rings (SSSR count). The molecule has 0 radical (unpaired) electrons. The third kappa shape index (κ3) is 4.11. The van der Waals surface area contributed by atoms with Gasteiger partial charge < -0.3 is 5.32 Å². The number of aromatic nitrogens is 4. The molecule has 2 heterocycles. The second-order valence-corrected chi connectivity index (χ2v) is 6.25. The van der Waals surface area contributed by atoms with Crippen molar-refractivity contribution in [2.75, 3.05) is 0 Å². The predicted molar refractivity (Wildman–Crippen MR) is 90.1 cm³/mol. The molecule has 2 aromatic rings. The van der Waals surface area contributed by atoms with Gasteiger partial charge in [0.15, 0.2) is 0 Å². The first-order valence-electron chi connectivity index (χ1n) is 8.00. The van der Waals surface area contributed by atoms with E-state index in [1.54, 1.807) is 0 Å². The Labute approximate surface area is 138 Å². The Morgan fingerprint density at radius 2 is 2.05 bits per heavy atom. The maximum absolute atomic E-state index is 4.54. The van der Waals surface area contributed by atoms with Crippen molar-refractivity contribution in [2.45, 2.75) is 64.7 Å². The van der Waals surface area contributed by atoms with Crippen LogP contribution in [-0.2, 0) is 13.1 Å². The molecule has 0 amide bonds. The van der Waals surface area contributed by atoms with E-state index in [4.69, 9.17) is 0 Å². The lowest BCUT2D eigenvalue weighted by molar-refractivity contribution is 0.466. The molecule has 0 aromatic carbocycles. The molecular formula is C16H26ClN5. The molecular weight excluding hydrogens is 298 g/mol. The van der Waals surface area contributed by atoms with Crippen molar-refractivity contribution in [1.29, 1.82) is 0 Å². The van der Waals surface area contributed by atoms with Gasteiger partial charge in [-0.25, -0.2) is 0 Å². The summed E-state index contributed by atoms with van der Waals surface area (Å²) < 4.78 is 4.15. The second kappa shape index (κ2) is 7.79. The summed E-state index contributed by atoms with van der Waals surface area (Å²) in [5, 5.41) is 12.5. The van der Waals surface area contributed by atoms with Crippen LogP contribution >= 0.6 is 12.4 Å². The monoisotopic (exact) mass is 323 g/mol. The Kier molecular flexibility index (Phi) is 6.03. The van der Waals surface area contributed by atoms with Gasteiger partial charge in [0.25, 0.3) is 0 Å². The highest BCUT2D eigenvalue weighted by atomic mass is 35.5. The number of nitrogens with zero attached hydrogens (tertiary/aromatic N) is 4. The fourth-order valence-corrected chi connectivity index (χ4v) is 2.93. The van der Waals surface area contributed by atoms with E-state index in [0.29, 0.717) is 12.1 Å². The Morgan fingerprint density at radius 1 is 1.27 bits per heavy atom. The summed E-state index contributed by atoms with van der Waals surface area (Å²) in [6.07, 6.45) is 11.5. The highest BCUT2D eigenvalue weighted by Crippen LogP contribution is 2.28. The van der Waals surface area contributed by atoms with E-state index in [-0.39, 0.29) is 12.4 Å². The summed E-state index contributed by atoms with van der Waals surface area (Å²) >= 11 is 0. The van der Waals surface area contributed by atoms with Gasteiger partial charge in [0, 0.05) is 37.1 Å². The number of nitrogens with one attached hydrogen (secondary N) is 1. The lowest BCUT2D eigenvalue weighted by Crippen LogP contribution is -2.13. The highest BCUT2D eigenvalue weighted by Gasteiger charge is 2.17. The van der Waals surface area contributed by atoms with E-state index in [2.05, 4.69) is 46.3 Å². The first-order chi connectivity index (χ1) is 10.2. The molecule has 0 spiro atoms. The van der Waals surface area contributed by atoms with Crippen molar-refractivity contribution in [3.63, 3.8) is 0 Å². The number of rotatable bonds is 6. The molecule has 1 fully saturated rings. The minimum absolute atomic E-state index is 0. The van der Waals surface area contributed by atoms with Crippen LogP contribution in [0.1, 0.15) is 62.9 Å². The lowest BCUT2D eigenvalue weighted by atomic mass is 10.2. The van der Waals surface area contributed by atoms with Crippen LogP contribution < -0.4 is 5.32 Å². The molecule has 2 aromatic heterocycles. The number of halogens is 1. The van der Waals surface area contributed by atoms with E-state index in [1.807, 2.05) is 17.1 Å². The smallest absolute Gasteiger partial charge is 0.0762 e. The van der Waals surface area contributed by atoms with Gasteiger partial charge in [-0.1, -0.05) is 12.8 Å². The summed E-state index contributed by atoms with van der Waals surface area (Å²) in [7, 11) is 0. The minimum atomic E-state index is 0. The number of hydrogen-bond acceptors (Lipinski definition) is 3. The van der Waals surface area contributed by atoms with Gasteiger partial charge in [-0.3, -0.25) is 9.36 Å². The van der Waals surface area contributed by atoms with Gasteiger partial charge >= 0.3 is 0 Å². The lowest BCUT2D eigenvalue weighted by Gasteiger charge is -2.08. The van der Waals surface area contributed by atoms with Gasteiger partial charge in [0.05, 0.1) is 17.9 Å². The van der Waals surface area contributed by atoms with Crippen molar-refractivity contribution < 1.29 is 0 Å². The summed E-state index contributed by atoms with van der Waals surface area (Å²) in [6.45, 7) is 5.93. The minimum Gasteiger partial charge on any atom is -0.307 e. The van der Waals surface area contributed by atoms with Crippen LogP contribution in [-0.4, -0.2) is 19.6 Å². The van der Waals surface area contributed by atoms with Crippen LogP contribution in [0.15, 0.2) is 24.7 Å². The molecule has 0 saturated heterocycles. The van der Waals surface area contributed by atoms with E-state index in [1.165, 1.54) is 31.2 Å². The molecule has 0 atom stereocenters. The van der Waals surface area contributed by atoms with Crippen LogP contribution in [0.2, 0.25) is 0 Å². The third-order valence-corrected chi connectivity index (χ3v) is 4.18. The summed E-state index contributed by atoms with van der Waals surface area (Å²) in [6, 6.07) is 3.12. The Balaban J connectivity index is 0.00000176. The molecule has 1 aliphatic rings. The molecule has 0 unspecified atom stereocenters. The molecule has 22 heavy (non-hydrogen) atoms. The van der Waals surface area contributed by atoms with Crippen molar-refractivity contribution in [2.24, 2.45) is 0 Å². The maximum Gasteiger partial charge on any atom is 0.0762 e. The van der Waals surface area contributed by atoms with Crippen molar-refractivity contribution in [3.05, 3.63) is 35.9 Å². The molecule has 6 heteroatoms. The fraction of sp³-hybridized carbons (Fsp3) is 0.625. The Morgan fingerprint density at radius 3 is 2.73 bits per heavy atom. The van der Waals surface area contributed by atoms with E-state index < -0.39 is 0 Å². The normalized spacial score (nSPS) is 15.4. The molecule has 0 bridgehead atoms. The van der Waals surface area contributed by atoms with Gasteiger partial charge in [0.2, 0.25) is 0 Å². The quantitative estimate of drug-likeness (QED) is 0.885. The maximum atomic E-state index is 4.54. The summed E-state index contributed by atoms with van der Waals surface area (Å²) in [4.78, 5) is 0. The first-order valence-corrected chi connectivity index (χ1v) is 8.00. The molecule has 1 N–H and O–H groups in total. The SMILES string of the molecule is CC(C)n1ccc(CNCc2cnn(C3CCCC3)c2)n1.Cl. The van der Waals surface area contributed by atoms with Crippen LogP contribution in [0.4, 0.5) is 0 Å². The van der Waals surface area contributed by atoms with Crippen molar-refractivity contribution in [1.82, 2.24) is 24.9 Å². The van der Waals surface area contributed by atoms with Gasteiger partial charge in [-0.05, 0) is 32.8 Å². The summed E-state index contributed by atoms with van der Waals surface area (Å²) in [5.74, 6) is 0. The van der Waals surface area contributed by atoms with Crippen LogP contribution in [0, 0.1) is 0 Å². The van der Waals surface area contributed by atoms with Gasteiger partial charge in [0.1, 0.15) is 0 Å². The van der Waals surface area contributed by atoms with Crippen LogP contribution in [0.5, 0.6) is 0 Å². The molecule has 122 valence electrons. The average Bonchev–Trinajstić information content (AvgIpc) is 3.20. The zero-order chi connectivity index (χ0) is 14.7. The third-order valence-electron chi connectivity index (χ3n) is 4.18. The van der Waals surface area contributed by atoms with Crippen LogP contribution in [0.25, 0.3) is 0 Å². The summed E-state index contributed by atoms with van der Waals surface area (Å²) in [5.41, 5.74) is 2.34. The average molecular weight is 324 g/mol. The van der Waals surface area contributed by atoms with Crippen molar-refractivity contribution >= 4 is 12.4 Å². The zero-order valence-corrected chi connectivity index (χ0v) is 14.2. The fourth-order valence-electron chi connectivity index (χ4n) is 2.93. The Hall–Kier alpha value is -1.33.